The van der Waals surface area contributed by atoms with Gasteiger partial charge in [-0.2, -0.15) is 0 Å². The molecule has 16 heavy (non-hydrogen) atoms. The highest BCUT2D eigenvalue weighted by atomic mass is 16.5. The minimum absolute atomic E-state index is 0.0336. The summed E-state index contributed by atoms with van der Waals surface area (Å²) in [5.74, 6) is 0.719. The molecule has 0 radical (unpaired) electrons. The Balaban J connectivity index is 2.05. The fourth-order valence-electron chi connectivity index (χ4n) is 2.02. The van der Waals surface area contributed by atoms with Gasteiger partial charge in [0.25, 0.3) is 0 Å². The number of ether oxygens (including phenoxy) is 1. The normalized spacial score (nSPS) is 20.6. The average Bonchev–Trinajstić information content (AvgIpc) is 2.39. The molecule has 1 atom stereocenters. The van der Waals surface area contributed by atoms with Gasteiger partial charge < -0.3 is 9.64 Å². The summed E-state index contributed by atoms with van der Waals surface area (Å²) in [5.41, 5.74) is 0. The molecule has 2 heterocycles. The summed E-state index contributed by atoms with van der Waals surface area (Å²) in [5, 5.41) is 0. The average molecular weight is 221 g/mol. The Morgan fingerprint density at radius 3 is 3.19 bits per heavy atom. The van der Waals surface area contributed by atoms with Gasteiger partial charge in [-0.3, -0.25) is 4.79 Å². The molecule has 1 aliphatic rings. The molecule has 1 aromatic rings. The second kappa shape index (κ2) is 4.92. The van der Waals surface area contributed by atoms with Crippen molar-refractivity contribution >= 4 is 11.8 Å². The third-order valence-electron chi connectivity index (χ3n) is 2.85. The van der Waals surface area contributed by atoms with Crippen LogP contribution in [0.2, 0.25) is 0 Å². The van der Waals surface area contributed by atoms with Gasteiger partial charge >= 0.3 is 5.97 Å². The molecule has 5 nitrogen and oxygen atoms in total. The number of esters is 1. The van der Waals surface area contributed by atoms with Gasteiger partial charge in [0.05, 0.1) is 13.0 Å². The minimum atomic E-state index is -0.126. The SMILES string of the molecule is COC(=O)C1CCCN(c2ccncn2)C1. The van der Waals surface area contributed by atoms with Crippen molar-refractivity contribution in [1.29, 1.82) is 0 Å². The van der Waals surface area contributed by atoms with Crippen LogP contribution in [0.3, 0.4) is 0 Å². The number of anilines is 1. The van der Waals surface area contributed by atoms with Crippen LogP contribution < -0.4 is 4.90 Å². The maximum absolute atomic E-state index is 11.5. The molecule has 0 spiro atoms. The van der Waals surface area contributed by atoms with E-state index in [0.717, 1.165) is 25.2 Å². The fourth-order valence-corrected chi connectivity index (χ4v) is 2.02. The molecule has 1 aromatic heterocycles. The summed E-state index contributed by atoms with van der Waals surface area (Å²) in [7, 11) is 1.44. The lowest BCUT2D eigenvalue weighted by Crippen LogP contribution is -2.39. The first-order valence-electron chi connectivity index (χ1n) is 5.40. The van der Waals surface area contributed by atoms with E-state index in [-0.39, 0.29) is 11.9 Å². The third kappa shape index (κ3) is 2.29. The molecule has 1 unspecified atom stereocenters. The molecule has 86 valence electrons. The Morgan fingerprint density at radius 2 is 2.50 bits per heavy atom. The van der Waals surface area contributed by atoms with Gasteiger partial charge in [-0.1, -0.05) is 0 Å². The van der Waals surface area contributed by atoms with Gasteiger partial charge in [0.1, 0.15) is 12.1 Å². The van der Waals surface area contributed by atoms with Gasteiger partial charge in [0, 0.05) is 19.3 Å². The lowest BCUT2D eigenvalue weighted by atomic mass is 9.98. The molecule has 0 aliphatic carbocycles. The predicted molar refractivity (Wildman–Crippen MR) is 59.0 cm³/mol. The van der Waals surface area contributed by atoms with Gasteiger partial charge in [-0.15, -0.1) is 0 Å². The summed E-state index contributed by atoms with van der Waals surface area (Å²) in [6.45, 7) is 1.62. The van der Waals surface area contributed by atoms with Gasteiger partial charge in [0.15, 0.2) is 0 Å². The molecule has 1 saturated heterocycles. The summed E-state index contributed by atoms with van der Waals surface area (Å²) in [4.78, 5) is 21.6. The zero-order valence-corrected chi connectivity index (χ0v) is 9.30. The van der Waals surface area contributed by atoms with E-state index < -0.39 is 0 Å². The van der Waals surface area contributed by atoms with Gasteiger partial charge in [0.2, 0.25) is 0 Å². The van der Waals surface area contributed by atoms with Crippen molar-refractivity contribution in [3.05, 3.63) is 18.6 Å². The zero-order chi connectivity index (χ0) is 11.4. The number of aromatic nitrogens is 2. The van der Waals surface area contributed by atoms with Crippen LogP contribution in [0, 0.1) is 5.92 Å². The molecule has 0 N–H and O–H groups in total. The molecule has 5 heteroatoms. The minimum Gasteiger partial charge on any atom is -0.469 e. The number of piperidine rings is 1. The van der Waals surface area contributed by atoms with Crippen molar-refractivity contribution in [2.45, 2.75) is 12.8 Å². The number of hydrogen-bond acceptors (Lipinski definition) is 5. The van der Waals surface area contributed by atoms with E-state index in [1.807, 2.05) is 6.07 Å². The third-order valence-corrected chi connectivity index (χ3v) is 2.85. The summed E-state index contributed by atoms with van der Waals surface area (Å²) in [6, 6.07) is 1.86. The van der Waals surface area contributed by atoms with E-state index >= 15 is 0 Å². The quantitative estimate of drug-likeness (QED) is 0.693. The van der Waals surface area contributed by atoms with E-state index in [1.54, 1.807) is 6.20 Å². The van der Waals surface area contributed by atoms with Crippen molar-refractivity contribution < 1.29 is 9.53 Å². The zero-order valence-electron chi connectivity index (χ0n) is 9.30. The van der Waals surface area contributed by atoms with Gasteiger partial charge in [-0.25, -0.2) is 9.97 Å². The second-order valence-corrected chi connectivity index (χ2v) is 3.88. The maximum Gasteiger partial charge on any atom is 0.310 e. The lowest BCUT2D eigenvalue weighted by Gasteiger charge is -2.31. The molecule has 0 aromatic carbocycles. The number of rotatable bonds is 2. The maximum atomic E-state index is 11.5. The fraction of sp³-hybridized carbons (Fsp3) is 0.545. The lowest BCUT2D eigenvalue weighted by molar-refractivity contribution is -0.145. The summed E-state index contributed by atoms with van der Waals surface area (Å²) < 4.78 is 4.78. The van der Waals surface area contributed by atoms with Crippen molar-refractivity contribution in [2.75, 3.05) is 25.1 Å². The second-order valence-electron chi connectivity index (χ2n) is 3.88. The van der Waals surface area contributed by atoms with Crippen LogP contribution in [0.25, 0.3) is 0 Å². The topological polar surface area (TPSA) is 55.3 Å². The first-order chi connectivity index (χ1) is 7.81. The molecule has 0 saturated carbocycles. The van der Waals surface area contributed by atoms with Crippen LogP contribution in [-0.2, 0) is 9.53 Å². The van der Waals surface area contributed by atoms with Crippen molar-refractivity contribution in [2.24, 2.45) is 5.92 Å². The molecular weight excluding hydrogens is 206 g/mol. The van der Waals surface area contributed by atoms with Crippen LogP contribution in [0.4, 0.5) is 5.82 Å². The van der Waals surface area contributed by atoms with Crippen LogP contribution >= 0.6 is 0 Å². The predicted octanol–water partition coefficient (Wildman–Crippen LogP) is 0.866. The molecule has 0 bridgehead atoms. The Hall–Kier alpha value is -1.65. The molecular formula is C11H15N3O2. The summed E-state index contributed by atoms with van der Waals surface area (Å²) >= 11 is 0. The Kier molecular flexibility index (Phi) is 3.34. The monoisotopic (exact) mass is 221 g/mol. The summed E-state index contributed by atoms with van der Waals surface area (Å²) in [6.07, 6.45) is 5.12. The van der Waals surface area contributed by atoms with E-state index in [9.17, 15) is 4.79 Å². The first-order valence-corrected chi connectivity index (χ1v) is 5.40. The van der Waals surface area contributed by atoms with E-state index in [1.165, 1.54) is 13.4 Å². The van der Waals surface area contributed by atoms with Crippen molar-refractivity contribution in [1.82, 2.24) is 9.97 Å². The number of methoxy groups -OCH3 is 1. The van der Waals surface area contributed by atoms with Crippen LogP contribution in [0.15, 0.2) is 18.6 Å². The molecule has 2 rings (SSSR count). The van der Waals surface area contributed by atoms with Crippen LogP contribution in [0.5, 0.6) is 0 Å². The van der Waals surface area contributed by atoms with E-state index in [4.69, 9.17) is 4.74 Å². The van der Waals surface area contributed by atoms with Crippen LogP contribution in [0.1, 0.15) is 12.8 Å². The largest absolute Gasteiger partial charge is 0.469 e. The smallest absolute Gasteiger partial charge is 0.310 e. The molecule has 1 fully saturated rings. The highest BCUT2D eigenvalue weighted by Crippen LogP contribution is 2.21. The highest BCUT2D eigenvalue weighted by Gasteiger charge is 2.26. The van der Waals surface area contributed by atoms with E-state index in [2.05, 4.69) is 14.9 Å². The Labute approximate surface area is 94.5 Å². The Morgan fingerprint density at radius 1 is 1.62 bits per heavy atom. The van der Waals surface area contributed by atoms with Gasteiger partial charge in [-0.05, 0) is 18.9 Å². The Bertz CT molecular complexity index is 356. The number of carbonyl (C=O) groups is 1. The van der Waals surface area contributed by atoms with Crippen molar-refractivity contribution in [3.63, 3.8) is 0 Å². The van der Waals surface area contributed by atoms with E-state index in [0.29, 0.717) is 6.54 Å². The number of hydrogen-bond donors (Lipinski definition) is 0. The number of nitrogens with zero attached hydrogens (tertiary/aromatic N) is 3. The first kappa shape index (κ1) is 10.9. The number of carbonyl (C=O) groups excluding carboxylic acids is 1. The molecule has 1 aliphatic heterocycles. The van der Waals surface area contributed by atoms with Crippen LogP contribution in [-0.4, -0.2) is 36.1 Å². The van der Waals surface area contributed by atoms with Crippen molar-refractivity contribution in [3.8, 4) is 0 Å². The highest BCUT2D eigenvalue weighted by molar-refractivity contribution is 5.73. The molecule has 0 amide bonds. The standard InChI is InChI=1S/C11H15N3O2/c1-16-11(15)9-3-2-6-14(7-9)10-4-5-12-8-13-10/h4-5,8-9H,2-3,6-7H2,1H3.